The van der Waals surface area contributed by atoms with Gasteiger partial charge in [-0.05, 0) is 38.5 Å². The normalized spacial score (nSPS) is 17.3. The van der Waals surface area contributed by atoms with Gasteiger partial charge in [-0.15, -0.1) is 0 Å². The highest BCUT2D eigenvalue weighted by Crippen LogP contribution is 2.28. The van der Waals surface area contributed by atoms with E-state index in [1.807, 2.05) is 42.1 Å². The number of benzene rings is 1. The van der Waals surface area contributed by atoms with Crippen molar-refractivity contribution < 1.29 is 4.74 Å². The maximum absolute atomic E-state index is 5.77. The van der Waals surface area contributed by atoms with Gasteiger partial charge in [0.2, 0.25) is 5.95 Å². The Morgan fingerprint density at radius 2 is 1.96 bits per heavy atom. The van der Waals surface area contributed by atoms with Crippen LogP contribution in [0, 0.1) is 13.8 Å². The third kappa shape index (κ3) is 3.45. The molecule has 27 heavy (non-hydrogen) atoms. The van der Waals surface area contributed by atoms with Crippen molar-refractivity contribution in [3.8, 4) is 16.9 Å². The van der Waals surface area contributed by atoms with Gasteiger partial charge in [0.25, 0.3) is 0 Å². The number of para-hydroxylation sites is 1. The lowest BCUT2D eigenvalue weighted by Gasteiger charge is -2.32. The summed E-state index contributed by atoms with van der Waals surface area (Å²) in [5.41, 5.74) is 5.09. The van der Waals surface area contributed by atoms with Gasteiger partial charge >= 0.3 is 0 Å². The standard InChI is InChI=1S/C21H25N5O/c1-4-18-14-25(12-13-27-18)21-22-11-10-19(23-21)20-15(2)24-26(16(20)3)17-8-6-5-7-9-17/h5-11,18H,4,12-14H2,1-3H3. The zero-order valence-corrected chi connectivity index (χ0v) is 16.1. The predicted molar refractivity (Wildman–Crippen MR) is 106 cm³/mol. The van der Waals surface area contributed by atoms with Gasteiger partial charge in [0.15, 0.2) is 0 Å². The second-order valence-electron chi connectivity index (χ2n) is 6.88. The maximum atomic E-state index is 5.77. The monoisotopic (exact) mass is 363 g/mol. The van der Waals surface area contributed by atoms with Crippen molar-refractivity contribution in [2.24, 2.45) is 0 Å². The molecule has 3 aromatic rings. The van der Waals surface area contributed by atoms with E-state index in [9.17, 15) is 0 Å². The minimum atomic E-state index is 0.246. The SMILES string of the molecule is CCC1CN(c2nccc(-c3c(C)nn(-c4ccccc4)c3C)n2)CCO1. The second kappa shape index (κ2) is 7.48. The van der Waals surface area contributed by atoms with Gasteiger partial charge in [-0.1, -0.05) is 25.1 Å². The molecule has 6 heteroatoms. The van der Waals surface area contributed by atoms with Crippen LogP contribution in [0.3, 0.4) is 0 Å². The highest BCUT2D eigenvalue weighted by molar-refractivity contribution is 5.66. The Bertz CT molecular complexity index is 922. The lowest BCUT2D eigenvalue weighted by atomic mass is 10.1. The Morgan fingerprint density at radius 3 is 2.74 bits per heavy atom. The van der Waals surface area contributed by atoms with Crippen molar-refractivity contribution in [2.75, 3.05) is 24.6 Å². The fourth-order valence-electron chi connectivity index (χ4n) is 3.62. The number of ether oxygens (including phenoxy) is 1. The van der Waals surface area contributed by atoms with Gasteiger partial charge in [0, 0.05) is 24.8 Å². The van der Waals surface area contributed by atoms with Crippen molar-refractivity contribution in [3.63, 3.8) is 0 Å². The molecule has 0 spiro atoms. The molecule has 0 saturated carbocycles. The number of aryl methyl sites for hydroxylation is 1. The minimum Gasteiger partial charge on any atom is -0.375 e. The maximum Gasteiger partial charge on any atom is 0.226 e. The highest BCUT2D eigenvalue weighted by atomic mass is 16.5. The largest absolute Gasteiger partial charge is 0.375 e. The van der Waals surface area contributed by atoms with Crippen molar-refractivity contribution in [1.82, 2.24) is 19.7 Å². The fraction of sp³-hybridized carbons (Fsp3) is 0.381. The molecule has 1 aliphatic heterocycles. The third-order valence-electron chi connectivity index (χ3n) is 5.07. The van der Waals surface area contributed by atoms with Crippen LogP contribution >= 0.6 is 0 Å². The molecule has 1 aromatic carbocycles. The first-order chi connectivity index (χ1) is 13.2. The second-order valence-corrected chi connectivity index (χ2v) is 6.88. The van der Waals surface area contributed by atoms with E-state index >= 15 is 0 Å². The number of nitrogens with zero attached hydrogens (tertiary/aromatic N) is 5. The first-order valence-electron chi connectivity index (χ1n) is 9.49. The summed E-state index contributed by atoms with van der Waals surface area (Å²) >= 11 is 0. The van der Waals surface area contributed by atoms with Crippen LogP contribution in [-0.2, 0) is 4.74 Å². The molecule has 6 nitrogen and oxygen atoms in total. The summed E-state index contributed by atoms with van der Waals surface area (Å²) in [7, 11) is 0. The molecule has 1 atom stereocenters. The zero-order valence-electron chi connectivity index (χ0n) is 16.1. The third-order valence-corrected chi connectivity index (χ3v) is 5.07. The topological polar surface area (TPSA) is 56.1 Å². The highest BCUT2D eigenvalue weighted by Gasteiger charge is 2.22. The molecule has 0 bridgehead atoms. The zero-order chi connectivity index (χ0) is 18.8. The average Bonchev–Trinajstić information content (AvgIpc) is 3.03. The quantitative estimate of drug-likeness (QED) is 0.709. The lowest BCUT2D eigenvalue weighted by molar-refractivity contribution is 0.0379. The summed E-state index contributed by atoms with van der Waals surface area (Å²) in [6, 6.07) is 12.2. The van der Waals surface area contributed by atoms with Crippen molar-refractivity contribution in [2.45, 2.75) is 33.3 Å². The smallest absolute Gasteiger partial charge is 0.226 e. The summed E-state index contributed by atoms with van der Waals surface area (Å²) in [5.74, 6) is 0.764. The lowest BCUT2D eigenvalue weighted by Crippen LogP contribution is -2.43. The van der Waals surface area contributed by atoms with Crippen LogP contribution in [0.5, 0.6) is 0 Å². The number of hydrogen-bond acceptors (Lipinski definition) is 5. The van der Waals surface area contributed by atoms with Crippen molar-refractivity contribution >= 4 is 5.95 Å². The van der Waals surface area contributed by atoms with E-state index < -0.39 is 0 Å². The fourth-order valence-corrected chi connectivity index (χ4v) is 3.62. The predicted octanol–water partition coefficient (Wildman–Crippen LogP) is 3.56. The molecule has 0 aliphatic carbocycles. The van der Waals surface area contributed by atoms with Crippen molar-refractivity contribution in [3.05, 3.63) is 54.0 Å². The van der Waals surface area contributed by atoms with E-state index in [0.717, 1.165) is 60.4 Å². The van der Waals surface area contributed by atoms with Crippen LogP contribution < -0.4 is 4.90 Å². The van der Waals surface area contributed by atoms with Crippen LogP contribution in [0.1, 0.15) is 24.7 Å². The van der Waals surface area contributed by atoms with Crippen LogP contribution in [0.2, 0.25) is 0 Å². The summed E-state index contributed by atoms with van der Waals surface area (Å²) in [4.78, 5) is 11.6. The Labute approximate surface area is 159 Å². The van der Waals surface area contributed by atoms with E-state index in [0.29, 0.717) is 0 Å². The minimum absolute atomic E-state index is 0.246. The number of aromatic nitrogens is 4. The number of morpholine rings is 1. The summed E-state index contributed by atoms with van der Waals surface area (Å²) in [6.07, 6.45) is 3.08. The molecular weight excluding hydrogens is 338 g/mol. The summed E-state index contributed by atoms with van der Waals surface area (Å²) in [5, 5.41) is 4.75. The van der Waals surface area contributed by atoms with Gasteiger partial charge in [-0.2, -0.15) is 5.10 Å². The molecular formula is C21H25N5O. The van der Waals surface area contributed by atoms with E-state index in [-0.39, 0.29) is 6.10 Å². The molecule has 0 N–H and O–H groups in total. The number of rotatable bonds is 4. The van der Waals surface area contributed by atoms with Gasteiger partial charge in [0.05, 0.1) is 35.5 Å². The Kier molecular flexibility index (Phi) is 4.90. The van der Waals surface area contributed by atoms with E-state index in [2.05, 4.69) is 35.9 Å². The Balaban J connectivity index is 1.69. The van der Waals surface area contributed by atoms with E-state index in [1.54, 1.807) is 0 Å². The van der Waals surface area contributed by atoms with Gasteiger partial charge in [0.1, 0.15) is 0 Å². The molecule has 1 unspecified atom stereocenters. The van der Waals surface area contributed by atoms with Gasteiger partial charge < -0.3 is 9.64 Å². The molecule has 1 fully saturated rings. The van der Waals surface area contributed by atoms with Crippen LogP contribution in [0.4, 0.5) is 5.95 Å². The molecule has 3 heterocycles. The molecule has 2 aromatic heterocycles. The van der Waals surface area contributed by atoms with E-state index in [4.69, 9.17) is 14.8 Å². The first kappa shape index (κ1) is 17.7. The van der Waals surface area contributed by atoms with Crippen LogP contribution in [0.25, 0.3) is 16.9 Å². The molecule has 140 valence electrons. The first-order valence-corrected chi connectivity index (χ1v) is 9.49. The molecule has 1 aliphatic rings. The van der Waals surface area contributed by atoms with Crippen LogP contribution in [-0.4, -0.2) is 45.5 Å². The average molecular weight is 363 g/mol. The Morgan fingerprint density at radius 1 is 1.15 bits per heavy atom. The van der Waals surface area contributed by atoms with Gasteiger partial charge in [-0.3, -0.25) is 0 Å². The van der Waals surface area contributed by atoms with Crippen LogP contribution in [0.15, 0.2) is 42.6 Å². The molecule has 4 rings (SSSR count). The Hall–Kier alpha value is -2.73. The molecule has 0 radical (unpaired) electrons. The number of anilines is 1. The summed E-state index contributed by atoms with van der Waals surface area (Å²) in [6.45, 7) is 8.64. The summed E-state index contributed by atoms with van der Waals surface area (Å²) < 4.78 is 7.75. The molecule has 0 amide bonds. The van der Waals surface area contributed by atoms with Gasteiger partial charge in [-0.25, -0.2) is 14.6 Å². The number of hydrogen-bond donors (Lipinski definition) is 0. The van der Waals surface area contributed by atoms with E-state index in [1.165, 1.54) is 0 Å². The van der Waals surface area contributed by atoms with Crippen molar-refractivity contribution in [1.29, 1.82) is 0 Å². The molecule has 1 saturated heterocycles.